The third-order valence-electron chi connectivity index (χ3n) is 3.58. The zero-order valence-electron chi connectivity index (χ0n) is 9.17. The van der Waals surface area contributed by atoms with Crippen LogP contribution in [0.3, 0.4) is 0 Å². The van der Waals surface area contributed by atoms with E-state index < -0.39 is 0 Å². The zero-order valence-corrected chi connectivity index (χ0v) is 9.17. The normalized spacial score (nSPS) is 26.9. The van der Waals surface area contributed by atoms with Gasteiger partial charge in [-0.25, -0.2) is 0 Å². The average molecular weight is 218 g/mol. The number of anilines is 1. The van der Waals surface area contributed by atoms with Gasteiger partial charge >= 0.3 is 0 Å². The Morgan fingerprint density at radius 1 is 1.44 bits per heavy atom. The third-order valence-corrected chi connectivity index (χ3v) is 3.58. The van der Waals surface area contributed by atoms with Crippen LogP contribution in [0.4, 0.5) is 5.69 Å². The maximum Gasteiger partial charge on any atom is 0.236 e. The van der Waals surface area contributed by atoms with Crippen molar-refractivity contribution in [1.29, 1.82) is 0 Å². The standard InChI is InChI=1S/C12H14N2O2/c1-16-8-2-3-9-10(6-8)14-11(15)12(9)4-5-13-7-12/h2-3,6,13H,4-5,7H2,1H3,(H,14,15)/t12-/m0/s1. The number of hydrogen-bond acceptors (Lipinski definition) is 3. The Balaban J connectivity index is 2.11. The monoisotopic (exact) mass is 218 g/mol. The molecule has 3 rings (SSSR count). The summed E-state index contributed by atoms with van der Waals surface area (Å²) in [5, 5.41) is 6.21. The van der Waals surface area contributed by atoms with Gasteiger partial charge in [-0.2, -0.15) is 0 Å². The molecule has 0 aliphatic carbocycles. The van der Waals surface area contributed by atoms with E-state index in [0.717, 1.165) is 36.5 Å². The second kappa shape index (κ2) is 3.22. The minimum absolute atomic E-state index is 0.112. The molecule has 1 fully saturated rings. The molecule has 1 aromatic rings. The number of rotatable bonds is 1. The first-order valence-electron chi connectivity index (χ1n) is 5.47. The van der Waals surface area contributed by atoms with Crippen LogP contribution >= 0.6 is 0 Å². The summed E-state index contributed by atoms with van der Waals surface area (Å²) in [6.45, 7) is 1.64. The summed E-state index contributed by atoms with van der Waals surface area (Å²) >= 11 is 0. The van der Waals surface area contributed by atoms with E-state index in [0.29, 0.717) is 0 Å². The van der Waals surface area contributed by atoms with E-state index in [1.54, 1.807) is 7.11 Å². The highest BCUT2D eigenvalue weighted by molar-refractivity contribution is 6.06. The van der Waals surface area contributed by atoms with Crippen molar-refractivity contribution in [3.05, 3.63) is 23.8 Å². The molecule has 1 aromatic carbocycles. The molecule has 2 heterocycles. The third kappa shape index (κ3) is 1.10. The van der Waals surface area contributed by atoms with Crippen molar-refractivity contribution in [3.8, 4) is 5.75 Å². The molecule has 0 aromatic heterocycles. The fourth-order valence-electron chi connectivity index (χ4n) is 2.65. The zero-order chi connectivity index (χ0) is 11.2. The molecule has 4 nitrogen and oxygen atoms in total. The van der Waals surface area contributed by atoms with E-state index in [4.69, 9.17) is 4.74 Å². The Labute approximate surface area is 94.0 Å². The predicted octanol–water partition coefficient (Wildman–Crippen LogP) is 0.878. The van der Waals surface area contributed by atoms with Crippen LogP contribution in [0.25, 0.3) is 0 Å². The number of methoxy groups -OCH3 is 1. The first-order chi connectivity index (χ1) is 7.76. The van der Waals surface area contributed by atoms with E-state index in [1.807, 2.05) is 18.2 Å². The van der Waals surface area contributed by atoms with Crippen molar-refractivity contribution in [2.75, 3.05) is 25.5 Å². The minimum atomic E-state index is -0.346. The van der Waals surface area contributed by atoms with Crippen LogP contribution in [-0.4, -0.2) is 26.1 Å². The summed E-state index contributed by atoms with van der Waals surface area (Å²) < 4.78 is 5.16. The summed E-state index contributed by atoms with van der Waals surface area (Å²) in [6.07, 6.45) is 0.873. The second-order valence-electron chi connectivity index (χ2n) is 4.37. The van der Waals surface area contributed by atoms with E-state index in [2.05, 4.69) is 10.6 Å². The molecule has 4 heteroatoms. The van der Waals surface area contributed by atoms with Gasteiger partial charge in [-0.1, -0.05) is 6.07 Å². The summed E-state index contributed by atoms with van der Waals surface area (Å²) in [5.41, 5.74) is 1.65. The van der Waals surface area contributed by atoms with E-state index in [9.17, 15) is 4.79 Å². The molecular formula is C12H14N2O2. The molecule has 16 heavy (non-hydrogen) atoms. The van der Waals surface area contributed by atoms with E-state index >= 15 is 0 Å². The van der Waals surface area contributed by atoms with Crippen LogP contribution < -0.4 is 15.4 Å². The van der Waals surface area contributed by atoms with Crippen LogP contribution in [0.2, 0.25) is 0 Å². The van der Waals surface area contributed by atoms with Crippen LogP contribution in [0.1, 0.15) is 12.0 Å². The SMILES string of the molecule is COc1ccc2c(c1)NC(=O)[C@]21CCNC1. The smallest absolute Gasteiger partial charge is 0.236 e. The van der Waals surface area contributed by atoms with Gasteiger partial charge < -0.3 is 15.4 Å². The number of hydrogen-bond donors (Lipinski definition) is 2. The van der Waals surface area contributed by atoms with Crippen molar-refractivity contribution in [2.24, 2.45) is 0 Å². The lowest BCUT2D eigenvalue weighted by molar-refractivity contribution is -0.120. The van der Waals surface area contributed by atoms with Gasteiger partial charge in [0.25, 0.3) is 0 Å². The van der Waals surface area contributed by atoms with Gasteiger partial charge in [0.15, 0.2) is 0 Å². The summed E-state index contributed by atoms with van der Waals surface area (Å²) in [6, 6.07) is 5.80. The largest absolute Gasteiger partial charge is 0.497 e. The quantitative estimate of drug-likeness (QED) is 0.735. The minimum Gasteiger partial charge on any atom is -0.497 e. The number of ether oxygens (including phenoxy) is 1. The molecule has 1 amide bonds. The lowest BCUT2D eigenvalue weighted by Gasteiger charge is -2.19. The van der Waals surface area contributed by atoms with Gasteiger partial charge in [0.1, 0.15) is 5.75 Å². The Morgan fingerprint density at radius 2 is 2.31 bits per heavy atom. The average Bonchev–Trinajstić information content (AvgIpc) is 2.88. The fourth-order valence-corrected chi connectivity index (χ4v) is 2.65. The number of carbonyl (C=O) groups is 1. The molecule has 2 N–H and O–H groups in total. The van der Waals surface area contributed by atoms with Crippen LogP contribution in [-0.2, 0) is 10.2 Å². The molecule has 2 aliphatic heterocycles. The highest BCUT2D eigenvalue weighted by Crippen LogP contribution is 2.43. The first-order valence-corrected chi connectivity index (χ1v) is 5.47. The summed E-state index contributed by atoms with van der Waals surface area (Å²) in [5.74, 6) is 0.891. The molecule has 84 valence electrons. The van der Waals surface area contributed by atoms with Crippen molar-refractivity contribution in [3.63, 3.8) is 0 Å². The van der Waals surface area contributed by atoms with Gasteiger partial charge in [-0.3, -0.25) is 4.79 Å². The number of amides is 1. The van der Waals surface area contributed by atoms with Gasteiger partial charge in [0.05, 0.1) is 12.5 Å². The topological polar surface area (TPSA) is 50.4 Å². The highest BCUT2D eigenvalue weighted by Gasteiger charge is 2.48. The molecule has 0 radical (unpaired) electrons. The predicted molar refractivity (Wildman–Crippen MR) is 60.8 cm³/mol. The highest BCUT2D eigenvalue weighted by atomic mass is 16.5. The van der Waals surface area contributed by atoms with E-state index in [1.165, 1.54) is 0 Å². The van der Waals surface area contributed by atoms with Gasteiger partial charge in [0.2, 0.25) is 5.91 Å². The maximum atomic E-state index is 12.1. The van der Waals surface area contributed by atoms with Gasteiger partial charge in [-0.05, 0) is 24.6 Å². The molecule has 1 spiro atoms. The van der Waals surface area contributed by atoms with Crippen LogP contribution in [0.15, 0.2) is 18.2 Å². The van der Waals surface area contributed by atoms with Gasteiger partial charge in [0, 0.05) is 18.3 Å². The molecule has 0 saturated carbocycles. The van der Waals surface area contributed by atoms with Crippen molar-refractivity contribution in [1.82, 2.24) is 5.32 Å². The Hall–Kier alpha value is -1.55. The number of nitrogens with one attached hydrogen (secondary N) is 2. The Morgan fingerprint density at radius 3 is 3.00 bits per heavy atom. The Kier molecular flexibility index (Phi) is 1.94. The van der Waals surface area contributed by atoms with E-state index in [-0.39, 0.29) is 11.3 Å². The van der Waals surface area contributed by atoms with Gasteiger partial charge in [-0.15, -0.1) is 0 Å². The van der Waals surface area contributed by atoms with Crippen LogP contribution in [0.5, 0.6) is 5.75 Å². The molecular weight excluding hydrogens is 204 g/mol. The molecule has 2 aliphatic rings. The van der Waals surface area contributed by atoms with Crippen LogP contribution in [0, 0.1) is 0 Å². The second-order valence-corrected chi connectivity index (χ2v) is 4.37. The maximum absolute atomic E-state index is 12.1. The first kappa shape index (κ1) is 9.66. The number of carbonyl (C=O) groups excluding carboxylic acids is 1. The van der Waals surface area contributed by atoms with Crippen molar-refractivity contribution < 1.29 is 9.53 Å². The fraction of sp³-hybridized carbons (Fsp3) is 0.417. The summed E-state index contributed by atoms with van der Waals surface area (Å²) in [7, 11) is 1.63. The molecule has 1 atom stereocenters. The number of benzene rings is 1. The molecule has 1 saturated heterocycles. The lowest BCUT2D eigenvalue weighted by Crippen LogP contribution is -2.36. The Bertz CT molecular complexity index is 450. The lowest BCUT2D eigenvalue weighted by atomic mass is 9.81. The van der Waals surface area contributed by atoms with Crippen molar-refractivity contribution >= 4 is 11.6 Å². The number of fused-ring (bicyclic) bond motifs is 2. The molecule has 0 bridgehead atoms. The summed E-state index contributed by atoms with van der Waals surface area (Å²) in [4.78, 5) is 12.1. The van der Waals surface area contributed by atoms with Crippen molar-refractivity contribution in [2.45, 2.75) is 11.8 Å². The molecule has 0 unspecified atom stereocenters.